The van der Waals surface area contributed by atoms with Crippen LogP contribution in [0.25, 0.3) is 0 Å². The number of cyclic esters (lactones) is 1. The second-order valence-electron chi connectivity index (χ2n) is 5.34. The fourth-order valence-electron chi connectivity index (χ4n) is 2.57. The predicted octanol–water partition coefficient (Wildman–Crippen LogP) is 3.89. The molecule has 114 valence electrons. The van der Waals surface area contributed by atoms with Gasteiger partial charge in [-0.2, -0.15) is 0 Å². The number of hydrogen-bond acceptors (Lipinski definition) is 3. The summed E-state index contributed by atoms with van der Waals surface area (Å²) in [6, 6.07) is 20.6. The quantitative estimate of drug-likeness (QED) is 0.822. The average Bonchev–Trinajstić information content (AvgIpc) is 2.93. The number of rotatable bonds is 6. The van der Waals surface area contributed by atoms with Crippen LogP contribution in [0.15, 0.2) is 65.6 Å². The number of nitrogens with one attached hydrogen (secondary N) is 1. The molecule has 1 aliphatic heterocycles. The maximum absolute atomic E-state index is 11.5. The summed E-state index contributed by atoms with van der Waals surface area (Å²) in [5.41, 5.74) is 1.29. The Kier molecular flexibility index (Phi) is 5.01. The van der Waals surface area contributed by atoms with Gasteiger partial charge in [-0.3, -0.25) is 0 Å². The molecule has 1 heterocycles. The lowest BCUT2D eigenvalue weighted by atomic mass is 10.0. The lowest BCUT2D eigenvalue weighted by Crippen LogP contribution is -2.33. The molecule has 3 nitrogen and oxygen atoms in total. The minimum atomic E-state index is -0.295. The first-order valence-corrected chi connectivity index (χ1v) is 8.49. The van der Waals surface area contributed by atoms with Crippen LogP contribution in [0.3, 0.4) is 0 Å². The molecule has 0 unspecified atom stereocenters. The highest BCUT2D eigenvalue weighted by Gasteiger charge is 2.33. The van der Waals surface area contributed by atoms with Gasteiger partial charge in [0, 0.05) is 10.6 Å². The first-order chi connectivity index (χ1) is 10.8. The van der Waals surface area contributed by atoms with E-state index in [1.54, 1.807) is 11.8 Å². The van der Waals surface area contributed by atoms with Crippen LogP contribution < -0.4 is 5.32 Å². The number of thioether (sulfide) groups is 1. The van der Waals surface area contributed by atoms with Crippen LogP contribution in [-0.2, 0) is 11.2 Å². The van der Waals surface area contributed by atoms with E-state index in [1.807, 2.05) is 36.4 Å². The van der Waals surface area contributed by atoms with Gasteiger partial charge in [0.05, 0.1) is 6.04 Å². The minimum absolute atomic E-state index is 0.0681. The highest BCUT2D eigenvalue weighted by Crippen LogP contribution is 2.24. The third-order valence-electron chi connectivity index (χ3n) is 3.75. The molecular weight excluding hydrogens is 294 g/mol. The second-order valence-corrected chi connectivity index (χ2v) is 6.44. The van der Waals surface area contributed by atoms with Gasteiger partial charge < -0.3 is 10.1 Å². The van der Waals surface area contributed by atoms with Gasteiger partial charge in [0.2, 0.25) is 0 Å². The Morgan fingerprint density at radius 3 is 2.41 bits per heavy atom. The van der Waals surface area contributed by atoms with Crippen molar-refractivity contribution in [2.75, 3.05) is 5.75 Å². The van der Waals surface area contributed by atoms with Gasteiger partial charge >= 0.3 is 6.09 Å². The molecule has 0 radical (unpaired) electrons. The molecule has 2 aromatic carbocycles. The van der Waals surface area contributed by atoms with E-state index in [1.165, 1.54) is 10.5 Å². The van der Waals surface area contributed by atoms with Crippen molar-refractivity contribution in [3.8, 4) is 0 Å². The molecule has 0 spiro atoms. The number of hydrogen-bond donors (Lipinski definition) is 1. The topological polar surface area (TPSA) is 38.3 Å². The van der Waals surface area contributed by atoms with Gasteiger partial charge in [0.1, 0.15) is 6.10 Å². The summed E-state index contributed by atoms with van der Waals surface area (Å²) in [4.78, 5) is 12.7. The molecule has 1 saturated heterocycles. The Labute approximate surface area is 135 Å². The summed E-state index contributed by atoms with van der Waals surface area (Å²) in [5, 5.41) is 2.94. The Balaban J connectivity index is 1.54. The fraction of sp³-hybridized carbons (Fsp3) is 0.278. The van der Waals surface area contributed by atoms with Gasteiger partial charge in [-0.1, -0.05) is 48.5 Å². The van der Waals surface area contributed by atoms with Gasteiger partial charge in [-0.15, -0.1) is 11.8 Å². The molecule has 1 N–H and O–H groups in total. The molecule has 0 bridgehead atoms. The number of benzene rings is 2. The van der Waals surface area contributed by atoms with E-state index in [9.17, 15) is 4.79 Å². The van der Waals surface area contributed by atoms with E-state index in [0.717, 1.165) is 18.6 Å². The van der Waals surface area contributed by atoms with E-state index in [4.69, 9.17) is 4.74 Å². The summed E-state index contributed by atoms with van der Waals surface area (Å²) in [5.74, 6) is 0.780. The number of carbonyl (C=O) groups is 1. The standard InChI is InChI=1S/C18H19NO2S/c20-18-19-16(12-11-14-7-3-1-4-8-14)17(21-18)13-22-15-9-5-2-6-10-15/h1-10,16-17H,11-13H2,(H,19,20)/t16-,17+/m0/s1. The number of amides is 1. The van der Waals surface area contributed by atoms with Crippen molar-refractivity contribution in [3.05, 3.63) is 66.2 Å². The van der Waals surface area contributed by atoms with Gasteiger partial charge in [-0.05, 0) is 30.5 Å². The van der Waals surface area contributed by atoms with Crippen molar-refractivity contribution in [3.63, 3.8) is 0 Å². The molecule has 2 atom stereocenters. The van der Waals surface area contributed by atoms with Crippen molar-refractivity contribution in [2.24, 2.45) is 0 Å². The first-order valence-electron chi connectivity index (χ1n) is 7.50. The van der Waals surface area contributed by atoms with Crippen molar-refractivity contribution < 1.29 is 9.53 Å². The molecular formula is C18H19NO2S. The normalized spacial score (nSPS) is 20.5. The van der Waals surface area contributed by atoms with Crippen LogP contribution >= 0.6 is 11.8 Å². The van der Waals surface area contributed by atoms with Crippen LogP contribution in [0.4, 0.5) is 4.79 Å². The lowest BCUT2D eigenvalue weighted by Gasteiger charge is -2.16. The summed E-state index contributed by atoms with van der Waals surface area (Å²) in [6.45, 7) is 0. The SMILES string of the molecule is O=C1N[C@@H](CCc2ccccc2)[C@@H](CSc2ccccc2)O1. The molecule has 22 heavy (non-hydrogen) atoms. The van der Waals surface area contributed by atoms with E-state index < -0.39 is 0 Å². The molecule has 4 heteroatoms. The Bertz CT molecular complexity index is 549. The zero-order valence-corrected chi connectivity index (χ0v) is 13.1. The molecule has 1 amide bonds. The molecule has 1 fully saturated rings. The molecule has 0 aromatic heterocycles. The van der Waals surface area contributed by atoms with Gasteiger partial charge in [-0.25, -0.2) is 4.79 Å². The lowest BCUT2D eigenvalue weighted by molar-refractivity contribution is 0.142. The van der Waals surface area contributed by atoms with Crippen molar-refractivity contribution in [1.82, 2.24) is 5.32 Å². The van der Waals surface area contributed by atoms with Crippen LogP contribution in [0, 0.1) is 0 Å². The van der Waals surface area contributed by atoms with Crippen LogP contribution in [-0.4, -0.2) is 24.0 Å². The highest BCUT2D eigenvalue weighted by molar-refractivity contribution is 7.99. The zero-order chi connectivity index (χ0) is 15.2. The molecule has 3 rings (SSSR count). The largest absolute Gasteiger partial charge is 0.443 e. The molecule has 0 aliphatic carbocycles. The second kappa shape index (κ2) is 7.36. The Morgan fingerprint density at radius 1 is 1.00 bits per heavy atom. The highest BCUT2D eigenvalue weighted by atomic mass is 32.2. The zero-order valence-electron chi connectivity index (χ0n) is 12.3. The Morgan fingerprint density at radius 2 is 1.68 bits per heavy atom. The summed E-state index contributed by atoms with van der Waals surface area (Å²) >= 11 is 1.73. The first kappa shape index (κ1) is 15.0. The Hall–Kier alpha value is -1.94. The summed E-state index contributed by atoms with van der Waals surface area (Å²) in [6.07, 6.45) is 1.48. The molecule has 2 aromatic rings. The number of carbonyl (C=O) groups excluding carboxylic acids is 1. The monoisotopic (exact) mass is 313 g/mol. The van der Waals surface area contributed by atoms with E-state index in [2.05, 4.69) is 29.6 Å². The smallest absolute Gasteiger partial charge is 0.407 e. The fourth-order valence-corrected chi connectivity index (χ4v) is 3.57. The van der Waals surface area contributed by atoms with Crippen LogP contribution in [0.1, 0.15) is 12.0 Å². The van der Waals surface area contributed by atoms with Crippen LogP contribution in [0.2, 0.25) is 0 Å². The summed E-state index contributed by atoms with van der Waals surface area (Å²) in [7, 11) is 0. The summed E-state index contributed by atoms with van der Waals surface area (Å²) < 4.78 is 5.41. The predicted molar refractivity (Wildman–Crippen MR) is 89.1 cm³/mol. The van der Waals surface area contributed by atoms with Gasteiger partial charge in [0.15, 0.2) is 0 Å². The maximum atomic E-state index is 11.5. The average molecular weight is 313 g/mol. The third-order valence-corrected chi connectivity index (χ3v) is 4.86. The maximum Gasteiger partial charge on any atom is 0.407 e. The van der Waals surface area contributed by atoms with E-state index in [-0.39, 0.29) is 18.2 Å². The number of aryl methyl sites for hydroxylation is 1. The third kappa shape index (κ3) is 4.04. The minimum Gasteiger partial charge on any atom is -0.443 e. The van der Waals surface area contributed by atoms with Crippen molar-refractivity contribution in [1.29, 1.82) is 0 Å². The van der Waals surface area contributed by atoms with Crippen molar-refractivity contribution in [2.45, 2.75) is 29.9 Å². The van der Waals surface area contributed by atoms with E-state index >= 15 is 0 Å². The molecule has 0 saturated carbocycles. The number of alkyl carbamates (subject to hydrolysis) is 1. The number of ether oxygens (including phenoxy) is 1. The van der Waals surface area contributed by atoms with Crippen LogP contribution in [0.5, 0.6) is 0 Å². The van der Waals surface area contributed by atoms with Crippen molar-refractivity contribution >= 4 is 17.9 Å². The van der Waals surface area contributed by atoms with Gasteiger partial charge in [0.25, 0.3) is 0 Å². The van der Waals surface area contributed by atoms with E-state index in [0.29, 0.717) is 0 Å². The molecule has 1 aliphatic rings.